The maximum absolute atomic E-state index is 12.0. The highest BCUT2D eigenvalue weighted by Gasteiger charge is 2.07. The highest BCUT2D eigenvalue weighted by molar-refractivity contribution is 6.31. The molecule has 0 spiro atoms. The molecule has 0 atom stereocenters. The van der Waals surface area contributed by atoms with Crippen molar-refractivity contribution in [2.24, 2.45) is 0 Å². The standard InChI is InChI=1S/C21H33ClO5/c1-18-7-8-19(21(22)16-18)17-20(23)6-4-3-5-9-25-12-13-27-15-14-26-11-10-24-2/h7-8,16H,3-6,9-15,17H2,1-2H3. The van der Waals surface area contributed by atoms with Crippen LogP contribution in [0.4, 0.5) is 0 Å². The average Bonchev–Trinajstić information content (AvgIpc) is 2.64. The van der Waals surface area contributed by atoms with E-state index in [9.17, 15) is 4.79 Å². The van der Waals surface area contributed by atoms with Crippen LogP contribution in [0.1, 0.15) is 36.8 Å². The van der Waals surface area contributed by atoms with Crippen LogP contribution in [0.3, 0.4) is 0 Å². The average molecular weight is 401 g/mol. The van der Waals surface area contributed by atoms with E-state index in [1.54, 1.807) is 7.11 Å². The van der Waals surface area contributed by atoms with Crippen LogP contribution in [0.5, 0.6) is 0 Å². The first kappa shape index (κ1) is 24.1. The van der Waals surface area contributed by atoms with Gasteiger partial charge in [0.25, 0.3) is 0 Å². The third kappa shape index (κ3) is 12.9. The number of unbranched alkanes of at least 4 members (excludes halogenated alkanes) is 2. The molecule has 1 aromatic rings. The minimum absolute atomic E-state index is 0.239. The number of ketones is 1. The third-order valence-electron chi connectivity index (χ3n) is 4.02. The minimum Gasteiger partial charge on any atom is -0.382 e. The molecule has 1 rings (SSSR count). The summed E-state index contributed by atoms with van der Waals surface area (Å²) in [5, 5.41) is 0.681. The fourth-order valence-corrected chi connectivity index (χ4v) is 2.79. The minimum atomic E-state index is 0.239. The molecule has 0 aliphatic heterocycles. The molecule has 1 aromatic carbocycles. The molecule has 0 aliphatic rings. The topological polar surface area (TPSA) is 54.0 Å². The number of hydrogen-bond donors (Lipinski definition) is 0. The Morgan fingerprint density at radius 2 is 1.52 bits per heavy atom. The van der Waals surface area contributed by atoms with Crippen molar-refractivity contribution in [2.45, 2.75) is 39.0 Å². The first-order valence-corrected chi connectivity index (χ1v) is 10.00. The van der Waals surface area contributed by atoms with E-state index in [0.29, 0.717) is 64.1 Å². The van der Waals surface area contributed by atoms with Gasteiger partial charge in [-0.15, -0.1) is 0 Å². The molecule has 0 bridgehead atoms. The largest absolute Gasteiger partial charge is 0.382 e. The second-order valence-electron chi connectivity index (χ2n) is 6.45. The lowest BCUT2D eigenvalue weighted by molar-refractivity contribution is -0.118. The van der Waals surface area contributed by atoms with Crippen LogP contribution in [0.25, 0.3) is 0 Å². The SMILES string of the molecule is COCCOCCOCCOCCCCCC(=O)Cc1ccc(C)cc1Cl. The van der Waals surface area contributed by atoms with E-state index in [-0.39, 0.29) is 5.78 Å². The summed E-state index contributed by atoms with van der Waals surface area (Å²) in [6.45, 7) is 6.19. The Morgan fingerprint density at radius 3 is 2.15 bits per heavy atom. The molecule has 0 fully saturated rings. The zero-order chi connectivity index (χ0) is 19.7. The molecular weight excluding hydrogens is 368 g/mol. The van der Waals surface area contributed by atoms with Crippen LogP contribution >= 0.6 is 11.6 Å². The summed E-state index contributed by atoms with van der Waals surface area (Å²) in [4.78, 5) is 12.0. The number of carbonyl (C=O) groups excluding carboxylic acids is 1. The van der Waals surface area contributed by atoms with Crippen LogP contribution in [0, 0.1) is 6.92 Å². The number of Topliss-reactive ketones (excluding diaryl/α,β-unsaturated/α-hetero) is 1. The summed E-state index contributed by atoms with van der Waals surface area (Å²) in [6, 6.07) is 5.83. The molecule has 0 aliphatic carbocycles. The van der Waals surface area contributed by atoms with Crippen LogP contribution in [0.15, 0.2) is 18.2 Å². The number of rotatable bonds is 17. The van der Waals surface area contributed by atoms with Gasteiger partial charge in [-0.1, -0.05) is 30.2 Å². The number of ether oxygens (including phenoxy) is 4. The Balaban J connectivity index is 1.89. The van der Waals surface area contributed by atoms with Crippen LogP contribution < -0.4 is 0 Å². The molecule has 0 amide bonds. The number of carbonyl (C=O) groups is 1. The fourth-order valence-electron chi connectivity index (χ4n) is 2.48. The van der Waals surface area contributed by atoms with Crippen molar-refractivity contribution in [2.75, 3.05) is 53.4 Å². The van der Waals surface area contributed by atoms with E-state index in [1.165, 1.54) is 0 Å². The lowest BCUT2D eigenvalue weighted by Gasteiger charge is -2.07. The third-order valence-corrected chi connectivity index (χ3v) is 4.37. The molecule has 154 valence electrons. The van der Waals surface area contributed by atoms with Crippen molar-refractivity contribution < 1.29 is 23.7 Å². The van der Waals surface area contributed by atoms with Crippen LogP contribution in [-0.2, 0) is 30.2 Å². The van der Waals surface area contributed by atoms with Crippen LogP contribution in [0.2, 0.25) is 5.02 Å². The Kier molecular flexibility index (Phi) is 14.3. The molecule has 6 heteroatoms. The van der Waals surface area contributed by atoms with Gasteiger partial charge in [0.05, 0.1) is 39.6 Å². The van der Waals surface area contributed by atoms with E-state index < -0.39 is 0 Å². The maximum atomic E-state index is 12.0. The van der Waals surface area contributed by atoms with Crippen molar-refractivity contribution in [1.82, 2.24) is 0 Å². The first-order valence-electron chi connectivity index (χ1n) is 9.62. The molecular formula is C21H33ClO5. The second kappa shape index (κ2) is 16.0. The van der Waals surface area contributed by atoms with E-state index >= 15 is 0 Å². The van der Waals surface area contributed by atoms with Crippen molar-refractivity contribution in [1.29, 1.82) is 0 Å². The molecule has 0 heterocycles. The van der Waals surface area contributed by atoms with Gasteiger partial charge in [-0.2, -0.15) is 0 Å². The van der Waals surface area contributed by atoms with E-state index in [1.807, 2.05) is 25.1 Å². The normalized spacial score (nSPS) is 11.1. The van der Waals surface area contributed by atoms with E-state index in [2.05, 4.69) is 0 Å². The van der Waals surface area contributed by atoms with Crippen molar-refractivity contribution in [3.63, 3.8) is 0 Å². The molecule has 0 unspecified atom stereocenters. The summed E-state index contributed by atoms with van der Waals surface area (Å²) in [7, 11) is 1.65. The predicted molar refractivity (Wildman–Crippen MR) is 108 cm³/mol. The summed E-state index contributed by atoms with van der Waals surface area (Å²) in [5.41, 5.74) is 2.02. The molecule has 0 saturated carbocycles. The molecule has 0 radical (unpaired) electrons. The Labute approximate surface area is 168 Å². The number of hydrogen-bond acceptors (Lipinski definition) is 5. The Morgan fingerprint density at radius 1 is 0.889 bits per heavy atom. The monoisotopic (exact) mass is 400 g/mol. The van der Waals surface area contributed by atoms with Gasteiger partial charge in [-0.05, 0) is 37.0 Å². The lowest BCUT2D eigenvalue weighted by Crippen LogP contribution is -2.11. The molecule has 0 N–H and O–H groups in total. The summed E-state index contributed by atoms with van der Waals surface area (Å²) in [5.74, 6) is 0.239. The molecule has 0 saturated heterocycles. The number of halogens is 1. The first-order chi connectivity index (χ1) is 13.1. The second-order valence-corrected chi connectivity index (χ2v) is 6.86. The van der Waals surface area contributed by atoms with Crippen molar-refractivity contribution in [3.8, 4) is 0 Å². The lowest BCUT2D eigenvalue weighted by atomic mass is 10.0. The number of aryl methyl sites for hydroxylation is 1. The number of benzene rings is 1. The van der Waals surface area contributed by atoms with Gasteiger partial charge in [0.15, 0.2) is 0 Å². The predicted octanol–water partition coefficient (Wildman–Crippen LogP) is 4.02. The highest BCUT2D eigenvalue weighted by Crippen LogP contribution is 2.19. The molecule has 5 nitrogen and oxygen atoms in total. The summed E-state index contributed by atoms with van der Waals surface area (Å²) < 4.78 is 21.1. The van der Waals surface area contributed by atoms with Gasteiger partial charge in [-0.3, -0.25) is 4.79 Å². The molecule has 27 heavy (non-hydrogen) atoms. The van der Waals surface area contributed by atoms with Gasteiger partial charge in [0.1, 0.15) is 5.78 Å². The van der Waals surface area contributed by atoms with E-state index in [0.717, 1.165) is 30.4 Å². The Bertz CT molecular complexity index is 521. The summed E-state index contributed by atoms with van der Waals surface area (Å²) in [6.07, 6.45) is 3.85. The van der Waals surface area contributed by atoms with Crippen LogP contribution in [-0.4, -0.2) is 59.1 Å². The van der Waals surface area contributed by atoms with Gasteiger partial charge in [0.2, 0.25) is 0 Å². The maximum Gasteiger partial charge on any atom is 0.137 e. The van der Waals surface area contributed by atoms with Crippen molar-refractivity contribution >= 4 is 17.4 Å². The van der Waals surface area contributed by atoms with Gasteiger partial charge >= 0.3 is 0 Å². The van der Waals surface area contributed by atoms with Gasteiger partial charge in [-0.25, -0.2) is 0 Å². The molecule has 0 aromatic heterocycles. The number of methoxy groups -OCH3 is 1. The van der Waals surface area contributed by atoms with Crippen molar-refractivity contribution in [3.05, 3.63) is 34.3 Å². The van der Waals surface area contributed by atoms with Gasteiger partial charge in [0, 0.05) is 31.6 Å². The highest BCUT2D eigenvalue weighted by atomic mass is 35.5. The zero-order valence-electron chi connectivity index (χ0n) is 16.6. The smallest absolute Gasteiger partial charge is 0.137 e. The van der Waals surface area contributed by atoms with E-state index in [4.69, 9.17) is 30.5 Å². The fraction of sp³-hybridized carbons (Fsp3) is 0.667. The van der Waals surface area contributed by atoms with Gasteiger partial charge < -0.3 is 18.9 Å². The Hall–Kier alpha value is -0.980. The summed E-state index contributed by atoms with van der Waals surface area (Å²) >= 11 is 6.17. The quantitative estimate of drug-likeness (QED) is 0.370. The zero-order valence-corrected chi connectivity index (χ0v) is 17.4.